The molecule has 0 aliphatic carbocycles. The van der Waals surface area contributed by atoms with E-state index in [1.807, 2.05) is 0 Å². The number of fused-ring (bicyclic) bond motifs is 1. The number of rotatable bonds is 1. The summed E-state index contributed by atoms with van der Waals surface area (Å²) >= 11 is 0. The third-order valence-electron chi connectivity index (χ3n) is 3.88. The van der Waals surface area contributed by atoms with E-state index >= 15 is 0 Å². The summed E-state index contributed by atoms with van der Waals surface area (Å²) in [6.07, 6.45) is 1.79. The summed E-state index contributed by atoms with van der Waals surface area (Å²) < 4.78 is 5.82. The van der Waals surface area contributed by atoms with E-state index in [0.717, 1.165) is 32.6 Å². The number of anilines is 1. The minimum absolute atomic E-state index is 0.321. The van der Waals surface area contributed by atoms with Gasteiger partial charge in [-0.3, -0.25) is 0 Å². The van der Waals surface area contributed by atoms with Crippen LogP contribution in [0.1, 0.15) is 25.0 Å². The van der Waals surface area contributed by atoms with Crippen LogP contribution in [0.15, 0.2) is 18.2 Å². The molecule has 3 rings (SSSR count). The maximum atomic E-state index is 5.82. The maximum Gasteiger partial charge on any atom is 0.0726 e. The number of benzene rings is 1. The highest BCUT2D eigenvalue weighted by atomic mass is 16.5. The van der Waals surface area contributed by atoms with Gasteiger partial charge in [-0.2, -0.15) is 0 Å². The average molecular weight is 246 g/mol. The molecule has 3 heteroatoms. The van der Waals surface area contributed by atoms with E-state index in [0.29, 0.717) is 12.2 Å². The Balaban J connectivity index is 1.91. The van der Waals surface area contributed by atoms with E-state index < -0.39 is 0 Å². The van der Waals surface area contributed by atoms with Crippen molar-refractivity contribution in [3.05, 3.63) is 29.3 Å². The Morgan fingerprint density at radius 1 is 1.22 bits per heavy atom. The number of nitrogens with zero attached hydrogens (tertiary/aromatic N) is 1. The second-order valence-electron chi connectivity index (χ2n) is 5.50. The molecule has 0 amide bonds. The minimum Gasteiger partial charge on any atom is -0.372 e. The molecule has 2 aliphatic rings. The Kier molecular flexibility index (Phi) is 3.27. The van der Waals surface area contributed by atoms with Gasteiger partial charge in [0.15, 0.2) is 0 Å². The largest absolute Gasteiger partial charge is 0.372 e. The Morgan fingerprint density at radius 2 is 2.00 bits per heavy atom. The van der Waals surface area contributed by atoms with Gasteiger partial charge in [0.25, 0.3) is 0 Å². The smallest absolute Gasteiger partial charge is 0.0726 e. The molecule has 0 aromatic heterocycles. The monoisotopic (exact) mass is 246 g/mol. The van der Waals surface area contributed by atoms with E-state index in [9.17, 15) is 0 Å². The third-order valence-corrected chi connectivity index (χ3v) is 3.88. The lowest BCUT2D eigenvalue weighted by atomic mass is 9.98. The zero-order chi connectivity index (χ0) is 12.5. The first-order chi connectivity index (χ1) is 8.74. The summed E-state index contributed by atoms with van der Waals surface area (Å²) in [6, 6.07) is 6.73. The van der Waals surface area contributed by atoms with E-state index in [2.05, 4.69) is 42.3 Å². The van der Waals surface area contributed by atoms with Crippen LogP contribution in [0.25, 0.3) is 0 Å². The van der Waals surface area contributed by atoms with Gasteiger partial charge in [-0.15, -0.1) is 0 Å². The molecule has 1 saturated heterocycles. The van der Waals surface area contributed by atoms with E-state index in [1.54, 1.807) is 0 Å². The van der Waals surface area contributed by atoms with Crippen LogP contribution < -0.4 is 10.2 Å². The summed E-state index contributed by atoms with van der Waals surface area (Å²) in [5.74, 6) is 0. The molecule has 2 aliphatic heterocycles. The van der Waals surface area contributed by atoms with E-state index in [-0.39, 0.29) is 0 Å². The van der Waals surface area contributed by atoms with Gasteiger partial charge in [0.05, 0.1) is 12.2 Å². The maximum absolute atomic E-state index is 5.82. The van der Waals surface area contributed by atoms with Gasteiger partial charge in [-0.25, -0.2) is 0 Å². The van der Waals surface area contributed by atoms with Crippen LogP contribution in [0.3, 0.4) is 0 Å². The predicted molar refractivity (Wildman–Crippen MR) is 74.1 cm³/mol. The molecule has 1 N–H and O–H groups in total. The molecule has 1 aromatic rings. The third kappa shape index (κ3) is 2.25. The van der Waals surface area contributed by atoms with Crippen LogP contribution in [0, 0.1) is 0 Å². The molecule has 2 heterocycles. The molecule has 1 fully saturated rings. The fraction of sp³-hybridized carbons (Fsp3) is 0.600. The van der Waals surface area contributed by atoms with Gasteiger partial charge < -0.3 is 15.0 Å². The molecule has 0 spiro atoms. The molecule has 3 nitrogen and oxygen atoms in total. The molecule has 0 radical (unpaired) electrons. The Bertz CT molecular complexity index is 423. The molecule has 1 aromatic carbocycles. The number of hydrogen-bond donors (Lipinski definition) is 1. The second-order valence-corrected chi connectivity index (χ2v) is 5.50. The van der Waals surface area contributed by atoms with Gasteiger partial charge in [-0.1, -0.05) is 12.1 Å². The summed E-state index contributed by atoms with van der Waals surface area (Å²) in [5.41, 5.74) is 4.41. The van der Waals surface area contributed by atoms with Crippen LogP contribution >= 0.6 is 0 Å². The topological polar surface area (TPSA) is 24.5 Å². The van der Waals surface area contributed by atoms with Gasteiger partial charge in [0.2, 0.25) is 0 Å². The summed E-state index contributed by atoms with van der Waals surface area (Å²) in [7, 11) is 0. The van der Waals surface area contributed by atoms with Gasteiger partial charge >= 0.3 is 0 Å². The number of morpholine rings is 1. The van der Waals surface area contributed by atoms with Crippen molar-refractivity contribution in [2.24, 2.45) is 0 Å². The van der Waals surface area contributed by atoms with E-state index in [4.69, 9.17) is 4.74 Å². The van der Waals surface area contributed by atoms with Crippen molar-refractivity contribution in [1.29, 1.82) is 0 Å². The molecule has 0 bridgehead atoms. The normalized spacial score (nSPS) is 28.0. The lowest BCUT2D eigenvalue weighted by Crippen LogP contribution is -2.46. The molecule has 98 valence electrons. The van der Waals surface area contributed by atoms with Crippen LogP contribution in [-0.2, 0) is 17.7 Å². The summed E-state index contributed by atoms with van der Waals surface area (Å²) in [5, 5.41) is 3.48. The quantitative estimate of drug-likeness (QED) is 0.819. The minimum atomic E-state index is 0.321. The first-order valence-electron chi connectivity index (χ1n) is 6.96. The van der Waals surface area contributed by atoms with Crippen molar-refractivity contribution in [1.82, 2.24) is 5.32 Å². The highest BCUT2D eigenvalue weighted by Crippen LogP contribution is 2.28. The van der Waals surface area contributed by atoms with Crippen molar-refractivity contribution < 1.29 is 4.74 Å². The Hall–Kier alpha value is -1.06. The zero-order valence-corrected chi connectivity index (χ0v) is 11.3. The number of ether oxygens (including phenoxy) is 1. The SMILES string of the molecule is CC1CN(c2cccc3c2CNCC3)CC(C)O1. The van der Waals surface area contributed by atoms with Crippen molar-refractivity contribution in [3.8, 4) is 0 Å². The number of nitrogens with one attached hydrogen (secondary N) is 1. The molecule has 18 heavy (non-hydrogen) atoms. The first-order valence-corrected chi connectivity index (χ1v) is 6.96. The fourth-order valence-corrected chi connectivity index (χ4v) is 3.17. The van der Waals surface area contributed by atoms with Crippen molar-refractivity contribution in [2.45, 2.75) is 39.0 Å². The van der Waals surface area contributed by atoms with Crippen LogP contribution in [0.4, 0.5) is 5.69 Å². The van der Waals surface area contributed by atoms with Crippen LogP contribution in [0.2, 0.25) is 0 Å². The number of hydrogen-bond acceptors (Lipinski definition) is 3. The highest BCUT2D eigenvalue weighted by molar-refractivity contribution is 5.58. The van der Waals surface area contributed by atoms with Crippen molar-refractivity contribution >= 4 is 5.69 Å². The van der Waals surface area contributed by atoms with Crippen molar-refractivity contribution in [2.75, 3.05) is 24.5 Å². The lowest BCUT2D eigenvalue weighted by molar-refractivity contribution is -0.00527. The highest BCUT2D eigenvalue weighted by Gasteiger charge is 2.25. The standard InChI is InChI=1S/C15H22N2O/c1-11-9-17(10-12(2)18-11)15-5-3-4-13-6-7-16-8-14(13)15/h3-5,11-12,16H,6-10H2,1-2H3. The summed E-state index contributed by atoms with van der Waals surface area (Å²) in [4.78, 5) is 2.49. The Labute approximate surface area is 109 Å². The van der Waals surface area contributed by atoms with Gasteiger partial charge in [0.1, 0.15) is 0 Å². The van der Waals surface area contributed by atoms with Crippen LogP contribution in [-0.4, -0.2) is 31.8 Å². The first kappa shape index (κ1) is 12.0. The summed E-state index contributed by atoms with van der Waals surface area (Å²) in [6.45, 7) is 8.44. The van der Waals surface area contributed by atoms with Gasteiger partial charge in [0, 0.05) is 25.3 Å². The van der Waals surface area contributed by atoms with Crippen molar-refractivity contribution in [3.63, 3.8) is 0 Å². The molecule has 2 atom stereocenters. The average Bonchev–Trinajstić information content (AvgIpc) is 2.37. The predicted octanol–water partition coefficient (Wildman–Crippen LogP) is 1.95. The fourth-order valence-electron chi connectivity index (χ4n) is 3.17. The van der Waals surface area contributed by atoms with Crippen LogP contribution in [0.5, 0.6) is 0 Å². The van der Waals surface area contributed by atoms with E-state index in [1.165, 1.54) is 16.8 Å². The Morgan fingerprint density at radius 3 is 2.78 bits per heavy atom. The molecular weight excluding hydrogens is 224 g/mol. The molecule has 2 unspecified atom stereocenters. The molecular formula is C15H22N2O. The van der Waals surface area contributed by atoms with Gasteiger partial charge in [-0.05, 0) is 44.0 Å². The second kappa shape index (κ2) is 4.90. The molecule has 0 saturated carbocycles. The lowest BCUT2D eigenvalue weighted by Gasteiger charge is -2.38. The zero-order valence-electron chi connectivity index (χ0n) is 11.3.